The van der Waals surface area contributed by atoms with Crippen LogP contribution >= 0.6 is 11.3 Å². The molecule has 17 heavy (non-hydrogen) atoms. The fourth-order valence-electron chi connectivity index (χ4n) is 1.75. The molecule has 0 saturated heterocycles. The number of hydrogen-bond acceptors (Lipinski definition) is 4. The lowest BCUT2D eigenvalue weighted by Gasteiger charge is -1.99. The van der Waals surface area contributed by atoms with Gasteiger partial charge in [-0.25, -0.2) is 5.90 Å². The third kappa shape index (κ3) is 2.06. The van der Waals surface area contributed by atoms with E-state index in [2.05, 4.69) is 5.90 Å². The summed E-state index contributed by atoms with van der Waals surface area (Å²) < 4.78 is 2.11. The Morgan fingerprint density at radius 2 is 1.24 bits per heavy atom. The lowest BCUT2D eigenvalue weighted by Crippen LogP contribution is -1.99. The van der Waals surface area contributed by atoms with Gasteiger partial charge in [-0.2, -0.15) is 0 Å². The van der Waals surface area contributed by atoms with E-state index in [1.807, 2.05) is 48.5 Å². The molecular formula is C13H11NO2S. The Morgan fingerprint density at radius 3 is 1.71 bits per heavy atom. The number of fused-ring (bicyclic) bond motifs is 2. The van der Waals surface area contributed by atoms with Gasteiger partial charge in [-0.3, -0.25) is 4.79 Å². The minimum atomic E-state index is 0.139. The highest BCUT2D eigenvalue weighted by molar-refractivity contribution is 7.24. The van der Waals surface area contributed by atoms with E-state index in [1.165, 1.54) is 0 Å². The molecule has 0 bridgehead atoms. The molecule has 1 heterocycles. The van der Waals surface area contributed by atoms with E-state index in [1.54, 1.807) is 11.3 Å². The van der Waals surface area contributed by atoms with E-state index in [-0.39, 0.29) is 5.43 Å². The Balaban J connectivity index is 0.000000514. The Labute approximate surface area is 102 Å². The molecule has 0 aliphatic rings. The Kier molecular flexibility index (Phi) is 3.49. The largest absolute Gasteiger partial charge is 0.320 e. The van der Waals surface area contributed by atoms with Gasteiger partial charge in [0.05, 0.1) is 0 Å². The van der Waals surface area contributed by atoms with Crippen LogP contribution in [0.15, 0.2) is 53.3 Å². The Morgan fingerprint density at radius 1 is 0.824 bits per heavy atom. The maximum atomic E-state index is 12.1. The zero-order valence-corrected chi connectivity index (χ0v) is 9.78. The summed E-state index contributed by atoms with van der Waals surface area (Å²) >= 11 is 1.67. The monoisotopic (exact) mass is 245 g/mol. The summed E-state index contributed by atoms with van der Waals surface area (Å²) in [4.78, 5) is 12.1. The number of hydrogen-bond donors (Lipinski definition) is 2. The van der Waals surface area contributed by atoms with Crippen molar-refractivity contribution in [2.45, 2.75) is 0 Å². The number of nitrogens with two attached hydrogens (primary N) is 1. The molecule has 3 rings (SSSR count). The molecule has 4 heteroatoms. The van der Waals surface area contributed by atoms with Crippen molar-refractivity contribution in [1.29, 1.82) is 0 Å². The highest BCUT2D eigenvalue weighted by atomic mass is 32.1. The molecule has 3 nitrogen and oxygen atoms in total. The van der Waals surface area contributed by atoms with Gasteiger partial charge in [0.15, 0.2) is 5.43 Å². The molecular weight excluding hydrogens is 234 g/mol. The van der Waals surface area contributed by atoms with Crippen molar-refractivity contribution >= 4 is 31.5 Å². The summed E-state index contributed by atoms with van der Waals surface area (Å²) in [6, 6.07) is 15.5. The van der Waals surface area contributed by atoms with Gasteiger partial charge in [0.2, 0.25) is 0 Å². The van der Waals surface area contributed by atoms with Crippen LogP contribution < -0.4 is 11.3 Å². The quantitative estimate of drug-likeness (QED) is 0.473. The predicted octanol–water partition coefficient (Wildman–Crippen LogP) is 2.75. The minimum absolute atomic E-state index is 0.139. The maximum absolute atomic E-state index is 12.1. The van der Waals surface area contributed by atoms with Gasteiger partial charge in [0, 0.05) is 20.2 Å². The van der Waals surface area contributed by atoms with Crippen LogP contribution in [0.5, 0.6) is 0 Å². The predicted molar refractivity (Wildman–Crippen MR) is 71.6 cm³/mol. The van der Waals surface area contributed by atoms with Gasteiger partial charge in [-0.1, -0.05) is 24.3 Å². The first-order chi connectivity index (χ1) is 8.36. The zero-order valence-electron chi connectivity index (χ0n) is 8.96. The summed E-state index contributed by atoms with van der Waals surface area (Å²) in [6.07, 6.45) is 0. The average Bonchev–Trinajstić information content (AvgIpc) is 2.41. The first kappa shape index (κ1) is 11.7. The van der Waals surface area contributed by atoms with Gasteiger partial charge in [0.1, 0.15) is 0 Å². The van der Waals surface area contributed by atoms with Crippen molar-refractivity contribution in [3.8, 4) is 0 Å². The van der Waals surface area contributed by atoms with Crippen molar-refractivity contribution in [1.82, 2.24) is 0 Å². The van der Waals surface area contributed by atoms with Crippen molar-refractivity contribution in [3.63, 3.8) is 0 Å². The van der Waals surface area contributed by atoms with Gasteiger partial charge in [0.25, 0.3) is 0 Å². The first-order valence-corrected chi connectivity index (χ1v) is 5.84. The summed E-state index contributed by atoms with van der Waals surface area (Å²) in [5, 5.41) is 8.14. The summed E-state index contributed by atoms with van der Waals surface area (Å²) in [6.45, 7) is 0. The molecule has 0 spiro atoms. The molecule has 0 saturated carbocycles. The Hall–Kier alpha value is -1.75. The fraction of sp³-hybridized carbons (Fsp3) is 0. The van der Waals surface area contributed by atoms with E-state index in [0.717, 1.165) is 20.2 Å². The number of benzene rings is 2. The Bertz CT molecular complexity index is 649. The van der Waals surface area contributed by atoms with Crippen LogP contribution in [0.3, 0.4) is 0 Å². The molecule has 1 aromatic heterocycles. The molecule has 0 unspecified atom stereocenters. The van der Waals surface area contributed by atoms with Crippen LogP contribution in [0.2, 0.25) is 0 Å². The second-order valence-electron chi connectivity index (χ2n) is 3.42. The van der Waals surface area contributed by atoms with Crippen LogP contribution in [-0.2, 0) is 0 Å². The molecule has 86 valence electrons. The van der Waals surface area contributed by atoms with Crippen LogP contribution in [0, 0.1) is 0 Å². The van der Waals surface area contributed by atoms with Gasteiger partial charge < -0.3 is 5.21 Å². The zero-order chi connectivity index (χ0) is 12.3. The van der Waals surface area contributed by atoms with Crippen LogP contribution in [0.25, 0.3) is 20.2 Å². The molecule has 2 aromatic carbocycles. The van der Waals surface area contributed by atoms with Crippen LogP contribution in [0.1, 0.15) is 0 Å². The van der Waals surface area contributed by atoms with Crippen molar-refractivity contribution in [2.24, 2.45) is 5.90 Å². The standard InChI is InChI=1S/C13H8OS.H3NO/c14-13-9-5-1-3-7-11(9)15-12-8-4-2-6-10(12)13;1-2/h1-8H;2H,1H2. The average molecular weight is 245 g/mol. The lowest BCUT2D eigenvalue weighted by molar-refractivity contribution is 0.311. The van der Waals surface area contributed by atoms with Crippen molar-refractivity contribution in [2.75, 3.05) is 0 Å². The normalized spacial score (nSPS) is 10.0. The molecule has 3 aromatic rings. The molecule has 0 fully saturated rings. The van der Waals surface area contributed by atoms with E-state index in [9.17, 15) is 4.79 Å². The third-order valence-electron chi connectivity index (χ3n) is 2.48. The SMILES string of the molecule is NO.O=c1c2ccccc2sc2ccccc12. The summed E-state index contributed by atoms with van der Waals surface area (Å²) in [5.74, 6) is 3.50. The lowest BCUT2D eigenvalue weighted by atomic mass is 10.2. The first-order valence-electron chi connectivity index (χ1n) is 5.03. The summed E-state index contributed by atoms with van der Waals surface area (Å²) in [7, 11) is 0. The van der Waals surface area contributed by atoms with Gasteiger partial charge >= 0.3 is 0 Å². The third-order valence-corrected chi connectivity index (χ3v) is 3.64. The molecule has 0 aliphatic carbocycles. The van der Waals surface area contributed by atoms with Gasteiger partial charge in [-0.15, -0.1) is 11.3 Å². The molecule has 3 N–H and O–H groups in total. The van der Waals surface area contributed by atoms with E-state index < -0.39 is 0 Å². The minimum Gasteiger partial charge on any atom is -0.320 e. The highest BCUT2D eigenvalue weighted by Gasteiger charge is 2.03. The van der Waals surface area contributed by atoms with E-state index in [0.29, 0.717) is 0 Å². The van der Waals surface area contributed by atoms with Crippen molar-refractivity contribution in [3.05, 3.63) is 58.8 Å². The fourth-order valence-corrected chi connectivity index (χ4v) is 2.82. The second kappa shape index (κ2) is 5.05. The molecule has 0 aliphatic heterocycles. The topological polar surface area (TPSA) is 63.3 Å². The second-order valence-corrected chi connectivity index (χ2v) is 4.51. The number of rotatable bonds is 0. The van der Waals surface area contributed by atoms with Crippen molar-refractivity contribution < 1.29 is 5.21 Å². The van der Waals surface area contributed by atoms with Crippen LogP contribution in [-0.4, -0.2) is 5.21 Å². The molecule has 0 atom stereocenters. The highest BCUT2D eigenvalue weighted by Crippen LogP contribution is 2.23. The molecule has 0 radical (unpaired) electrons. The maximum Gasteiger partial charge on any atom is 0.195 e. The summed E-state index contributed by atoms with van der Waals surface area (Å²) in [5.41, 5.74) is 0.139. The smallest absolute Gasteiger partial charge is 0.195 e. The van der Waals surface area contributed by atoms with Crippen LogP contribution in [0.4, 0.5) is 0 Å². The van der Waals surface area contributed by atoms with Gasteiger partial charge in [-0.05, 0) is 24.3 Å². The van der Waals surface area contributed by atoms with E-state index in [4.69, 9.17) is 5.21 Å². The molecule has 0 amide bonds. The van der Waals surface area contributed by atoms with E-state index >= 15 is 0 Å².